The lowest BCUT2D eigenvalue weighted by Crippen LogP contribution is -2.34. The first kappa shape index (κ1) is 17.0. The predicted octanol–water partition coefficient (Wildman–Crippen LogP) is 2.28. The Morgan fingerprint density at radius 3 is 2.19 bits per heavy atom. The number of rotatable bonds is 6. The maximum Gasteiger partial charge on any atom is 0.319 e. The van der Waals surface area contributed by atoms with Gasteiger partial charge in [-0.15, -0.1) is 0 Å². The summed E-state index contributed by atoms with van der Waals surface area (Å²) in [7, 11) is 0. The Hall–Kier alpha value is -2.08. The molecule has 0 aliphatic heterocycles. The fourth-order valence-electron chi connectivity index (χ4n) is 1.69. The molecule has 1 atom stereocenters. The molecule has 0 heterocycles. The summed E-state index contributed by atoms with van der Waals surface area (Å²) < 4.78 is 0. The van der Waals surface area contributed by atoms with Crippen LogP contribution in [0.25, 0.3) is 0 Å². The quantitative estimate of drug-likeness (QED) is 0.647. The van der Waals surface area contributed by atoms with Gasteiger partial charge in [0, 0.05) is 18.5 Å². The molecule has 1 aromatic carbocycles. The predicted molar refractivity (Wildman–Crippen MR) is 85.2 cm³/mol. The van der Waals surface area contributed by atoms with Crippen LogP contribution in [0.2, 0.25) is 0 Å². The maximum atomic E-state index is 11.8. The summed E-state index contributed by atoms with van der Waals surface area (Å²) in [4.78, 5) is 23.6. The molecule has 0 aromatic heterocycles. The highest BCUT2D eigenvalue weighted by Crippen LogP contribution is 2.21. The number of urea groups is 1. The highest BCUT2D eigenvalue weighted by atomic mass is 16.2. The van der Waals surface area contributed by atoms with Crippen LogP contribution in [0.1, 0.15) is 33.6 Å². The van der Waals surface area contributed by atoms with Gasteiger partial charge in [-0.1, -0.05) is 12.1 Å². The summed E-state index contributed by atoms with van der Waals surface area (Å²) in [6.07, 6.45) is 0.972. The third-order valence-corrected chi connectivity index (χ3v) is 2.70. The minimum atomic E-state index is -0.303. The Morgan fingerprint density at radius 1 is 1.10 bits per heavy atom. The van der Waals surface area contributed by atoms with Crippen LogP contribution in [0.5, 0.6) is 0 Å². The number of amides is 3. The molecule has 5 N–H and O–H groups in total. The van der Waals surface area contributed by atoms with Gasteiger partial charge in [0.15, 0.2) is 0 Å². The molecule has 1 rings (SSSR count). The van der Waals surface area contributed by atoms with E-state index in [2.05, 4.69) is 16.0 Å². The summed E-state index contributed by atoms with van der Waals surface area (Å²) in [6, 6.07) is 6.80. The van der Waals surface area contributed by atoms with E-state index in [-0.39, 0.29) is 24.0 Å². The number of hydrogen-bond acceptors (Lipinski definition) is 3. The van der Waals surface area contributed by atoms with Crippen LogP contribution in [-0.4, -0.2) is 24.0 Å². The van der Waals surface area contributed by atoms with E-state index in [1.807, 2.05) is 20.8 Å². The minimum Gasteiger partial charge on any atom is -0.336 e. The maximum absolute atomic E-state index is 11.8. The largest absolute Gasteiger partial charge is 0.336 e. The summed E-state index contributed by atoms with van der Waals surface area (Å²) in [6.45, 7) is 5.61. The summed E-state index contributed by atoms with van der Waals surface area (Å²) in [5.41, 5.74) is 6.77. The fourth-order valence-corrected chi connectivity index (χ4v) is 1.69. The van der Waals surface area contributed by atoms with Gasteiger partial charge in [-0.2, -0.15) is 0 Å². The molecule has 0 bridgehead atoms. The average molecular weight is 292 g/mol. The highest BCUT2D eigenvalue weighted by Gasteiger charge is 2.10. The first-order valence-corrected chi connectivity index (χ1v) is 7.10. The van der Waals surface area contributed by atoms with Crippen LogP contribution >= 0.6 is 0 Å². The van der Waals surface area contributed by atoms with Crippen LogP contribution in [0.3, 0.4) is 0 Å². The number of carbonyl (C=O) groups is 2. The van der Waals surface area contributed by atoms with Crippen molar-refractivity contribution in [3.63, 3.8) is 0 Å². The lowest BCUT2D eigenvalue weighted by atomic mass is 10.2. The van der Waals surface area contributed by atoms with E-state index in [0.29, 0.717) is 24.2 Å². The number of para-hydroxylation sites is 2. The summed E-state index contributed by atoms with van der Waals surface area (Å²) in [5.74, 6) is -0.120. The van der Waals surface area contributed by atoms with E-state index >= 15 is 0 Å². The van der Waals surface area contributed by atoms with E-state index in [4.69, 9.17) is 5.73 Å². The zero-order chi connectivity index (χ0) is 15.8. The molecule has 116 valence electrons. The van der Waals surface area contributed by atoms with Crippen LogP contribution in [0, 0.1) is 0 Å². The Labute approximate surface area is 125 Å². The smallest absolute Gasteiger partial charge is 0.319 e. The number of nitrogens with two attached hydrogens (primary N) is 1. The van der Waals surface area contributed by atoms with Gasteiger partial charge in [-0.25, -0.2) is 4.79 Å². The molecule has 0 aliphatic rings. The van der Waals surface area contributed by atoms with Crippen molar-refractivity contribution in [1.82, 2.24) is 5.32 Å². The molecule has 0 radical (unpaired) electrons. The molecule has 6 heteroatoms. The van der Waals surface area contributed by atoms with E-state index in [0.717, 1.165) is 0 Å². The van der Waals surface area contributed by atoms with E-state index in [1.54, 1.807) is 24.3 Å². The Bertz CT molecular complexity index is 486. The minimum absolute atomic E-state index is 0.0130. The Morgan fingerprint density at radius 2 is 1.67 bits per heavy atom. The second-order valence-electron chi connectivity index (χ2n) is 5.36. The summed E-state index contributed by atoms with van der Waals surface area (Å²) in [5, 5.41) is 8.24. The molecular formula is C15H24N4O2. The molecule has 1 unspecified atom stereocenters. The van der Waals surface area contributed by atoms with Crippen molar-refractivity contribution in [3.8, 4) is 0 Å². The van der Waals surface area contributed by atoms with Crippen LogP contribution < -0.4 is 21.7 Å². The molecule has 21 heavy (non-hydrogen) atoms. The number of hydrogen-bond donors (Lipinski definition) is 4. The molecule has 6 nitrogen and oxygen atoms in total. The molecule has 1 aromatic rings. The van der Waals surface area contributed by atoms with Gasteiger partial charge in [0.25, 0.3) is 0 Å². The molecule has 0 fully saturated rings. The van der Waals surface area contributed by atoms with Crippen molar-refractivity contribution in [2.24, 2.45) is 5.73 Å². The number of carbonyl (C=O) groups excluding carboxylic acids is 2. The van der Waals surface area contributed by atoms with E-state index < -0.39 is 0 Å². The third-order valence-electron chi connectivity index (χ3n) is 2.70. The first-order valence-electron chi connectivity index (χ1n) is 7.10. The van der Waals surface area contributed by atoms with Gasteiger partial charge >= 0.3 is 6.03 Å². The number of benzene rings is 1. The van der Waals surface area contributed by atoms with Gasteiger partial charge in [0.1, 0.15) is 0 Å². The second-order valence-corrected chi connectivity index (χ2v) is 5.36. The lowest BCUT2D eigenvalue weighted by molar-refractivity contribution is -0.116. The number of anilines is 2. The van der Waals surface area contributed by atoms with Crippen molar-refractivity contribution in [1.29, 1.82) is 0 Å². The van der Waals surface area contributed by atoms with Crippen molar-refractivity contribution in [2.45, 2.75) is 45.7 Å². The van der Waals surface area contributed by atoms with Gasteiger partial charge in [0.05, 0.1) is 11.4 Å². The van der Waals surface area contributed by atoms with Gasteiger partial charge < -0.3 is 21.7 Å². The van der Waals surface area contributed by atoms with Crippen LogP contribution in [-0.2, 0) is 4.79 Å². The topological polar surface area (TPSA) is 96.2 Å². The normalized spacial score (nSPS) is 11.9. The highest BCUT2D eigenvalue weighted by molar-refractivity contribution is 5.99. The monoisotopic (exact) mass is 292 g/mol. The molecule has 3 amide bonds. The van der Waals surface area contributed by atoms with Gasteiger partial charge in [0.2, 0.25) is 5.91 Å². The van der Waals surface area contributed by atoms with Crippen molar-refractivity contribution in [3.05, 3.63) is 24.3 Å². The zero-order valence-electron chi connectivity index (χ0n) is 12.8. The molecular weight excluding hydrogens is 268 g/mol. The summed E-state index contributed by atoms with van der Waals surface area (Å²) >= 11 is 0. The standard InChI is InChI=1S/C15H24N4O2/c1-10(2)17-15(21)19-13-7-5-4-6-12(13)18-14(20)9-8-11(3)16/h4-7,10-11H,8-9,16H2,1-3H3,(H,18,20)(H2,17,19,21). The zero-order valence-corrected chi connectivity index (χ0v) is 12.8. The van der Waals surface area contributed by atoms with E-state index in [1.165, 1.54) is 0 Å². The second kappa shape index (κ2) is 8.26. The third kappa shape index (κ3) is 6.76. The molecule has 0 spiro atoms. The number of nitrogens with one attached hydrogen (secondary N) is 3. The first-order chi connectivity index (χ1) is 9.88. The Balaban J connectivity index is 2.66. The Kier molecular flexibility index (Phi) is 6.68. The van der Waals surface area contributed by atoms with E-state index in [9.17, 15) is 9.59 Å². The SMILES string of the molecule is CC(N)CCC(=O)Nc1ccccc1NC(=O)NC(C)C. The van der Waals surface area contributed by atoms with Crippen LogP contribution in [0.4, 0.5) is 16.2 Å². The van der Waals surface area contributed by atoms with Crippen molar-refractivity contribution >= 4 is 23.3 Å². The van der Waals surface area contributed by atoms with Crippen LogP contribution in [0.15, 0.2) is 24.3 Å². The molecule has 0 saturated carbocycles. The lowest BCUT2D eigenvalue weighted by Gasteiger charge is -2.14. The fraction of sp³-hybridized carbons (Fsp3) is 0.467. The molecule has 0 saturated heterocycles. The molecule has 0 aliphatic carbocycles. The van der Waals surface area contributed by atoms with Crippen molar-refractivity contribution < 1.29 is 9.59 Å². The average Bonchev–Trinajstić information content (AvgIpc) is 2.37. The van der Waals surface area contributed by atoms with Gasteiger partial charge in [-0.05, 0) is 39.3 Å². The van der Waals surface area contributed by atoms with Gasteiger partial charge in [-0.3, -0.25) is 4.79 Å². The van der Waals surface area contributed by atoms with Crippen molar-refractivity contribution in [2.75, 3.05) is 10.6 Å².